The number of aromatic nitrogens is 1. The number of nitrogens with one attached hydrogen (secondary N) is 1. The molecule has 0 atom stereocenters. The SMILES string of the molecule is Cc1cc(/C=C(\C#N)C(=O)NCc2ccc3c(c2)OCO3)c(C)n1-c1ccc(N2CCCC2)c([N+](=O)[O-])c1. The topological polar surface area (TPSA) is 123 Å². The summed E-state index contributed by atoms with van der Waals surface area (Å²) in [5.74, 6) is 0.776. The predicted molar refractivity (Wildman–Crippen MR) is 141 cm³/mol. The number of hydrogen-bond donors (Lipinski definition) is 1. The maximum atomic E-state index is 12.8. The van der Waals surface area contributed by atoms with Gasteiger partial charge in [-0.15, -0.1) is 0 Å². The number of ether oxygens (including phenoxy) is 2. The third-order valence-corrected chi connectivity index (χ3v) is 6.89. The molecule has 1 amide bonds. The monoisotopic (exact) mass is 513 g/mol. The lowest BCUT2D eigenvalue weighted by molar-refractivity contribution is -0.384. The second-order valence-corrected chi connectivity index (χ2v) is 9.33. The third-order valence-electron chi connectivity index (χ3n) is 6.89. The molecule has 0 unspecified atom stereocenters. The minimum atomic E-state index is -0.499. The molecule has 2 aliphatic rings. The lowest BCUT2D eigenvalue weighted by atomic mass is 10.1. The van der Waals surface area contributed by atoms with E-state index in [1.165, 1.54) is 0 Å². The van der Waals surface area contributed by atoms with Gasteiger partial charge in [0.15, 0.2) is 11.5 Å². The van der Waals surface area contributed by atoms with Gasteiger partial charge in [-0.25, -0.2) is 0 Å². The zero-order valence-corrected chi connectivity index (χ0v) is 21.2. The molecule has 0 bridgehead atoms. The summed E-state index contributed by atoms with van der Waals surface area (Å²) in [5, 5.41) is 24.4. The van der Waals surface area contributed by atoms with Crippen LogP contribution in [0.3, 0.4) is 0 Å². The summed E-state index contributed by atoms with van der Waals surface area (Å²) in [4.78, 5) is 26.4. The first-order chi connectivity index (χ1) is 18.4. The Labute approximate surface area is 219 Å². The first kappa shape index (κ1) is 24.9. The number of nitriles is 1. The van der Waals surface area contributed by atoms with E-state index in [1.54, 1.807) is 30.3 Å². The molecule has 38 heavy (non-hydrogen) atoms. The highest BCUT2D eigenvalue weighted by molar-refractivity contribution is 6.01. The van der Waals surface area contributed by atoms with Crippen LogP contribution in [0.4, 0.5) is 11.4 Å². The van der Waals surface area contributed by atoms with Crippen molar-refractivity contribution in [2.45, 2.75) is 33.2 Å². The summed E-state index contributed by atoms with van der Waals surface area (Å²) < 4.78 is 12.6. The Morgan fingerprint density at radius 2 is 1.89 bits per heavy atom. The van der Waals surface area contributed by atoms with Gasteiger partial charge in [0.1, 0.15) is 17.3 Å². The number of nitro groups is 1. The van der Waals surface area contributed by atoms with Crippen molar-refractivity contribution in [3.8, 4) is 23.3 Å². The molecule has 0 radical (unpaired) electrons. The first-order valence-corrected chi connectivity index (χ1v) is 12.4. The summed E-state index contributed by atoms with van der Waals surface area (Å²) >= 11 is 0. The molecule has 0 saturated carbocycles. The van der Waals surface area contributed by atoms with Crippen LogP contribution in [-0.2, 0) is 11.3 Å². The van der Waals surface area contributed by atoms with Crippen molar-refractivity contribution in [1.29, 1.82) is 5.26 Å². The number of carbonyl (C=O) groups excluding carboxylic acids is 1. The highest BCUT2D eigenvalue weighted by Crippen LogP contribution is 2.35. The molecule has 0 aliphatic carbocycles. The Balaban J connectivity index is 1.38. The fourth-order valence-electron chi connectivity index (χ4n) is 4.99. The number of anilines is 1. The summed E-state index contributed by atoms with van der Waals surface area (Å²) in [6, 6.07) is 14.5. The summed E-state index contributed by atoms with van der Waals surface area (Å²) in [7, 11) is 0. The van der Waals surface area contributed by atoms with Crippen molar-refractivity contribution < 1.29 is 19.2 Å². The van der Waals surface area contributed by atoms with Gasteiger partial charge in [-0.3, -0.25) is 14.9 Å². The number of aryl methyl sites for hydroxylation is 1. The van der Waals surface area contributed by atoms with E-state index >= 15 is 0 Å². The van der Waals surface area contributed by atoms with E-state index in [0.29, 0.717) is 28.4 Å². The molecule has 1 fully saturated rings. The van der Waals surface area contributed by atoms with Crippen LogP contribution in [0.1, 0.15) is 35.4 Å². The van der Waals surface area contributed by atoms with Crippen LogP contribution in [0.15, 0.2) is 48.0 Å². The lowest BCUT2D eigenvalue weighted by Gasteiger charge is -2.19. The molecule has 5 rings (SSSR count). The van der Waals surface area contributed by atoms with Crippen LogP contribution in [0.5, 0.6) is 11.5 Å². The average molecular weight is 514 g/mol. The summed E-state index contributed by atoms with van der Waals surface area (Å²) in [6.45, 7) is 5.75. The second-order valence-electron chi connectivity index (χ2n) is 9.33. The largest absolute Gasteiger partial charge is 0.454 e. The molecule has 10 heteroatoms. The van der Waals surface area contributed by atoms with Crippen molar-refractivity contribution >= 4 is 23.4 Å². The number of fused-ring (bicyclic) bond motifs is 1. The van der Waals surface area contributed by atoms with Crippen LogP contribution in [0.25, 0.3) is 11.8 Å². The molecular formula is C28H27N5O5. The lowest BCUT2D eigenvalue weighted by Crippen LogP contribution is -2.23. The second kappa shape index (κ2) is 10.3. The van der Waals surface area contributed by atoms with E-state index in [2.05, 4.69) is 5.32 Å². The molecule has 10 nitrogen and oxygen atoms in total. The van der Waals surface area contributed by atoms with Crippen molar-refractivity contribution in [3.63, 3.8) is 0 Å². The highest BCUT2D eigenvalue weighted by Gasteiger charge is 2.24. The highest BCUT2D eigenvalue weighted by atomic mass is 16.7. The van der Waals surface area contributed by atoms with Gasteiger partial charge in [0.25, 0.3) is 11.6 Å². The van der Waals surface area contributed by atoms with E-state index in [0.717, 1.165) is 42.9 Å². The van der Waals surface area contributed by atoms with Crippen molar-refractivity contribution in [1.82, 2.24) is 9.88 Å². The normalized spacial score (nSPS) is 14.4. The number of amides is 1. The van der Waals surface area contributed by atoms with Gasteiger partial charge >= 0.3 is 0 Å². The number of nitrogens with zero attached hydrogens (tertiary/aromatic N) is 4. The third kappa shape index (κ3) is 4.78. The minimum absolute atomic E-state index is 0.0404. The van der Waals surface area contributed by atoms with E-state index < -0.39 is 5.91 Å². The quantitative estimate of drug-likeness (QED) is 0.213. The maximum Gasteiger partial charge on any atom is 0.294 e. The Hall–Kier alpha value is -4.78. The number of nitro benzene ring substituents is 1. The van der Waals surface area contributed by atoms with E-state index in [-0.39, 0.29) is 29.5 Å². The zero-order valence-electron chi connectivity index (χ0n) is 21.2. The molecule has 0 spiro atoms. The summed E-state index contributed by atoms with van der Waals surface area (Å²) in [6.07, 6.45) is 3.59. The number of benzene rings is 2. The molecule has 3 heterocycles. The molecule has 1 N–H and O–H groups in total. The van der Waals surface area contributed by atoms with Crippen LogP contribution in [0, 0.1) is 35.3 Å². The van der Waals surface area contributed by atoms with Gasteiger partial charge in [0.05, 0.1) is 10.6 Å². The molecule has 2 aliphatic heterocycles. The Morgan fingerprint density at radius 1 is 1.13 bits per heavy atom. The zero-order chi connectivity index (χ0) is 26.8. The smallest absolute Gasteiger partial charge is 0.294 e. The maximum absolute atomic E-state index is 12.8. The van der Waals surface area contributed by atoms with E-state index in [9.17, 15) is 20.2 Å². The average Bonchev–Trinajstić information content (AvgIpc) is 3.66. The Morgan fingerprint density at radius 3 is 2.63 bits per heavy atom. The van der Waals surface area contributed by atoms with E-state index in [1.807, 2.05) is 47.6 Å². The fourth-order valence-corrected chi connectivity index (χ4v) is 4.99. The number of hydrogen-bond acceptors (Lipinski definition) is 7. The molecule has 2 aromatic carbocycles. The predicted octanol–water partition coefficient (Wildman–Crippen LogP) is 4.55. The Bertz CT molecular complexity index is 1490. The standard InChI is InChI=1S/C28H27N5O5/c1-18-11-21(13-22(15-29)28(34)30-16-20-5-8-26-27(12-20)38-17-37-26)19(2)32(18)23-6-7-24(25(14-23)33(35)36)31-9-3-4-10-31/h5-8,11-14H,3-4,9-10,16-17H2,1-2H3,(H,30,34)/b22-13+. The van der Waals surface area contributed by atoms with Crippen molar-refractivity contribution in [3.05, 3.63) is 80.7 Å². The van der Waals surface area contributed by atoms with Gasteiger partial charge in [-0.1, -0.05) is 6.07 Å². The van der Waals surface area contributed by atoms with Crippen LogP contribution in [0.2, 0.25) is 0 Å². The molecule has 1 saturated heterocycles. The van der Waals surface area contributed by atoms with Gasteiger partial charge in [0.2, 0.25) is 6.79 Å². The minimum Gasteiger partial charge on any atom is -0.454 e. The van der Waals surface area contributed by atoms with Gasteiger partial charge in [-0.2, -0.15) is 5.26 Å². The van der Waals surface area contributed by atoms with Crippen LogP contribution >= 0.6 is 0 Å². The molecule has 194 valence electrons. The van der Waals surface area contributed by atoms with Crippen LogP contribution in [-0.4, -0.2) is 35.3 Å². The van der Waals surface area contributed by atoms with Crippen molar-refractivity contribution in [2.24, 2.45) is 0 Å². The van der Waals surface area contributed by atoms with Gasteiger partial charge in [-0.05, 0) is 74.2 Å². The fraction of sp³-hybridized carbons (Fsp3) is 0.286. The van der Waals surface area contributed by atoms with Gasteiger partial charge in [0, 0.05) is 37.1 Å². The van der Waals surface area contributed by atoms with Gasteiger partial charge < -0.3 is 24.3 Å². The molecular weight excluding hydrogens is 486 g/mol. The number of carbonyl (C=O) groups is 1. The number of rotatable bonds is 7. The van der Waals surface area contributed by atoms with Crippen LogP contribution < -0.4 is 19.7 Å². The first-order valence-electron chi connectivity index (χ1n) is 12.4. The molecule has 1 aromatic heterocycles. The molecule has 3 aromatic rings. The van der Waals surface area contributed by atoms with Crippen molar-refractivity contribution in [2.75, 3.05) is 24.8 Å². The Kier molecular flexibility index (Phi) is 6.75. The van der Waals surface area contributed by atoms with E-state index in [4.69, 9.17) is 9.47 Å². The summed E-state index contributed by atoms with van der Waals surface area (Å²) in [5.41, 5.74) is 4.40.